The minimum atomic E-state index is -1.53. The van der Waals surface area contributed by atoms with E-state index < -0.39 is 139 Å². The molecule has 0 aromatic rings. The van der Waals surface area contributed by atoms with Crippen LogP contribution >= 0.6 is 0 Å². The van der Waals surface area contributed by atoms with E-state index in [0.29, 0.717) is 25.8 Å². The van der Waals surface area contributed by atoms with Crippen molar-refractivity contribution in [1.29, 1.82) is 0 Å². The second-order valence-corrected chi connectivity index (χ2v) is 15.1. The van der Waals surface area contributed by atoms with E-state index in [1.807, 2.05) is 6.92 Å². The molecule has 6 atom stereocenters. The van der Waals surface area contributed by atoms with Crippen LogP contribution in [0.2, 0.25) is 0 Å². The Hall–Kier alpha value is -5.63. The molecule has 332 valence electrons. The summed E-state index contributed by atoms with van der Waals surface area (Å²) in [5, 5.41) is 35.6. The SMILES string of the molecule is CCCNC(=O)CNC(=O)C(=O)[C@H](CCC)NC(=O)[C@@H]1CCCN1C(=O)[C@@H](NC(=O)[C@@H](NC(=O)[C@H](CCC(=O)O)NC(=O)[C@H](CCC(=O)O)NC(C)=O)C(C)C)C(C)C. The fraction of sp³-hybridized carbons (Fsp3) is 0.711. The zero-order valence-electron chi connectivity index (χ0n) is 34.9. The molecule has 21 nitrogen and oxygen atoms in total. The molecule has 0 radical (unpaired) electrons. The summed E-state index contributed by atoms with van der Waals surface area (Å²) in [4.78, 5) is 141. The number of carboxylic acid groups (broad SMARTS) is 2. The van der Waals surface area contributed by atoms with E-state index in [2.05, 4.69) is 37.2 Å². The Balaban J connectivity index is 3.19. The number of carbonyl (C=O) groups is 11. The van der Waals surface area contributed by atoms with Gasteiger partial charge in [0.1, 0.15) is 30.2 Å². The number of rotatable bonds is 26. The van der Waals surface area contributed by atoms with Gasteiger partial charge in [0.25, 0.3) is 5.91 Å². The summed E-state index contributed by atoms with van der Waals surface area (Å²) in [6, 6.07) is -7.70. The Labute approximate surface area is 343 Å². The van der Waals surface area contributed by atoms with Gasteiger partial charge in [-0.2, -0.15) is 0 Å². The first-order chi connectivity index (χ1) is 27.6. The number of aliphatic carboxylic acids is 2. The smallest absolute Gasteiger partial charge is 0.303 e. The summed E-state index contributed by atoms with van der Waals surface area (Å²) in [6.07, 6.45) is -0.00453. The fourth-order valence-electron chi connectivity index (χ4n) is 6.18. The minimum absolute atomic E-state index is 0.106. The van der Waals surface area contributed by atoms with E-state index in [4.69, 9.17) is 5.11 Å². The van der Waals surface area contributed by atoms with Gasteiger partial charge in [0.15, 0.2) is 0 Å². The van der Waals surface area contributed by atoms with Crippen LogP contribution in [0, 0.1) is 11.8 Å². The number of amides is 8. The predicted molar refractivity (Wildman–Crippen MR) is 210 cm³/mol. The summed E-state index contributed by atoms with van der Waals surface area (Å²) in [7, 11) is 0. The zero-order chi connectivity index (χ0) is 45.0. The Bertz CT molecular complexity index is 1550. The van der Waals surface area contributed by atoms with Crippen LogP contribution in [-0.2, 0) is 52.7 Å². The number of ketones is 1. The number of carboxylic acids is 2. The monoisotopic (exact) mass is 838 g/mol. The van der Waals surface area contributed by atoms with Gasteiger partial charge < -0.3 is 52.3 Å². The van der Waals surface area contributed by atoms with Crippen LogP contribution in [0.4, 0.5) is 0 Å². The summed E-state index contributed by atoms with van der Waals surface area (Å²) < 4.78 is 0. The second kappa shape index (κ2) is 25.7. The van der Waals surface area contributed by atoms with Crippen LogP contribution in [0.15, 0.2) is 0 Å². The maximum absolute atomic E-state index is 14.0. The lowest BCUT2D eigenvalue weighted by Gasteiger charge is -2.33. The molecule has 59 heavy (non-hydrogen) atoms. The average Bonchev–Trinajstić information content (AvgIpc) is 3.66. The summed E-state index contributed by atoms with van der Waals surface area (Å²) >= 11 is 0. The first-order valence-corrected chi connectivity index (χ1v) is 20.0. The summed E-state index contributed by atoms with van der Waals surface area (Å²) in [6.45, 7) is 11.3. The molecule has 0 spiro atoms. The van der Waals surface area contributed by atoms with Gasteiger partial charge in [0.2, 0.25) is 47.1 Å². The lowest BCUT2D eigenvalue weighted by molar-refractivity contribution is -0.144. The number of carbonyl (C=O) groups excluding carboxylic acids is 9. The molecule has 0 aromatic carbocycles. The predicted octanol–water partition coefficient (Wildman–Crippen LogP) is -1.53. The third-order valence-corrected chi connectivity index (χ3v) is 9.35. The van der Waals surface area contributed by atoms with Crippen LogP contribution in [-0.4, -0.2) is 136 Å². The molecule has 0 aliphatic carbocycles. The van der Waals surface area contributed by atoms with Crippen LogP contribution in [0.25, 0.3) is 0 Å². The molecule has 1 aliphatic heterocycles. The van der Waals surface area contributed by atoms with E-state index >= 15 is 0 Å². The van der Waals surface area contributed by atoms with Crippen molar-refractivity contribution in [3.8, 4) is 0 Å². The molecule has 0 unspecified atom stereocenters. The van der Waals surface area contributed by atoms with Crippen molar-refractivity contribution in [2.75, 3.05) is 19.6 Å². The highest BCUT2D eigenvalue weighted by Gasteiger charge is 2.41. The maximum Gasteiger partial charge on any atom is 0.303 e. The molecular formula is C38H62N8O13. The van der Waals surface area contributed by atoms with Crippen molar-refractivity contribution in [3.63, 3.8) is 0 Å². The van der Waals surface area contributed by atoms with Gasteiger partial charge in [-0.3, -0.25) is 52.7 Å². The standard InChI is InChI=1S/C38H62N8O13/c1-8-11-23(32(53)37(58)40-19-27(48)39-17-9-2)42-35(56)26-12-10-18-46(26)38(59)31(21(5)6)45-36(57)30(20(3)4)44-34(55)25(14-16-29(51)52)43-33(54)24(41-22(7)47)13-15-28(49)50/h20-21,23-26,30-31H,8-19H2,1-7H3,(H,39,48)(H,40,58)(H,41,47)(H,42,56)(H,43,54)(H,44,55)(H,45,57)(H,49,50)(H,51,52)/t23-,24-,25-,26-,30-,31-/m0/s1. The molecule has 21 heteroatoms. The molecule has 1 rings (SSSR count). The third kappa shape index (κ3) is 17.8. The minimum Gasteiger partial charge on any atom is -0.481 e. The largest absolute Gasteiger partial charge is 0.481 e. The molecule has 1 aliphatic rings. The van der Waals surface area contributed by atoms with Gasteiger partial charge in [-0.15, -0.1) is 0 Å². The van der Waals surface area contributed by atoms with Gasteiger partial charge in [-0.05, 0) is 50.4 Å². The van der Waals surface area contributed by atoms with Crippen molar-refractivity contribution in [3.05, 3.63) is 0 Å². The van der Waals surface area contributed by atoms with E-state index in [9.17, 15) is 57.8 Å². The van der Waals surface area contributed by atoms with E-state index in [1.54, 1.807) is 34.6 Å². The highest BCUT2D eigenvalue weighted by Crippen LogP contribution is 2.21. The Kier molecular flexibility index (Phi) is 22.4. The van der Waals surface area contributed by atoms with E-state index in [1.165, 1.54) is 4.90 Å². The van der Waals surface area contributed by atoms with Crippen LogP contribution in [0.1, 0.15) is 106 Å². The number of hydrogen-bond donors (Lipinski definition) is 9. The molecule has 1 saturated heterocycles. The first kappa shape index (κ1) is 51.4. The molecule has 0 bridgehead atoms. The fourth-order valence-corrected chi connectivity index (χ4v) is 6.18. The summed E-state index contributed by atoms with van der Waals surface area (Å²) in [5.74, 6) is -10.8. The number of nitrogens with zero attached hydrogens (tertiary/aromatic N) is 1. The Morgan fingerprint density at radius 1 is 0.644 bits per heavy atom. The lowest BCUT2D eigenvalue weighted by Crippen LogP contribution is -2.61. The molecular weight excluding hydrogens is 776 g/mol. The highest BCUT2D eigenvalue weighted by molar-refractivity contribution is 6.38. The van der Waals surface area contributed by atoms with Crippen LogP contribution < -0.4 is 37.2 Å². The first-order valence-electron chi connectivity index (χ1n) is 20.0. The molecule has 9 N–H and O–H groups in total. The van der Waals surface area contributed by atoms with Crippen LogP contribution in [0.3, 0.4) is 0 Å². The van der Waals surface area contributed by atoms with Crippen molar-refractivity contribution in [2.45, 2.75) is 143 Å². The topological polar surface area (TPSA) is 316 Å². The van der Waals surface area contributed by atoms with Crippen molar-refractivity contribution >= 4 is 65.0 Å². The van der Waals surface area contributed by atoms with Crippen molar-refractivity contribution in [1.82, 2.24) is 42.1 Å². The highest BCUT2D eigenvalue weighted by atomic mass is 16.4. The van der Waals surface area contributed by atoms with Crippen molar-refractivity contribution < 1.29 is 63.0 Å². The molecule has 0 saturated carbocycles. The van der Waals surface area contributed by atoms with Gasteiger partial charge in [-0.1, -0.05) is 48.0 Å². The average molecular weight is 839 g/mol. The number of hydrogen-bond acceptors (Lipinski definition) is 11. The van der Waals surface area contributed by atoms with Gasteiger partial charge in [0, 0.05) is 32.9 Å². The third-order valence-electron chi connectivity index (χ3n) is 9.35. The van der Waals surface area contributed by atoms with Crippen LogP contribution in [0.5, 0.6) is 0 Å². The number of likely N-dealkylation sites (tertiary alicyclic amines) is 1. The quantitative estimate of drug-likeness (QED) is 0.0448. The van der Waals surface area contributed by atoms with E-state index in [0.717, 1.165) is 6.92 Å². The Morgan fingerprint density at radius 3 is 1.69 bits per heavy atom. The van der Waals surface area contributed by atoms with E-state index in [-0.39, 0.29) is 25.8 Å². The normalized spacial score (nSPS) is 16.1. The zero-order valence-corrected chi connectivity index (χ0v) is 34.9. The maximum atomic E-state index is 14.0. The number of Topliss-reactive ketones (excluding diaryl/α,β-unsaturated/α-hetero) is 1. The molecule has 1 fully saturated rings. The summed E-state index contributed by atoms with van der Waals surface area (Å²) in [5.41, 5.74) is 0. The van der Waals surface area contributed by atoms with Crippen molar-refractivity contribution in [2.24, 2.45) is 11.8 Å². The lowest BCUT2D eigenvalue weighted by atomic mass is 9.98. The van der Waals surface area contributed by atoms with Gasteiger partial charge in [-0.25, -0.2) is 0 Å². The Morgan fingerprint density at radius 2 is 1.19 bits per heavy atom. The number of nitrogens with one attached hydrogen (secondary N) is 7. The molecule has 0 aromatic heterocycles. The van der Waals surface area contributed by atoms with Gasteiger partial charge >= 0.3 is 11.9 Å². The molecule has 1 heterocycles. The second-order valence-electron chi connectivity index (χ2n) is 15.1. The van der Waals surface area contributed by atoms with Gasteiger partial charge in [0.05, 0.1) is 12.6 Å². The molecule has 8 amide bonds.